The Hall–Kier alpha value is -4.94. The number of carboxylic acids is 2. The number of hydrogen-bond acceptors (Lipinski definition) is 20. The molecular weight excluding hydrogens is 967 g/mol. The van der Waals surface area contributed by atoms with Crippen LogP contribution < -0.4 is 17.0 Å². The molecule has 1 amide bonds. The van der Waals surface area contributed by atoms with Gasteiger partial charge >= 0.3 is 40.0 Å². The van der Waals surface area contributed by atoms with Crippen molar-refractivity contribution >= 4 is 40.2 Å². The molecule has 400 valence electrons. The van der Waals surface area contributed by atoms with E-state index in [4.69, 9.17) is 29.4 Å². The van der Waals surface area contributed by atoms with E-state index in [1.807, 2.05) is 17.1 Å². The summed E-state index contributed by atoms with van der Waals surface area (Å²) in [4.78, 5) is 94.2. The Labute approximate surface area is 409 Å². The molecular formula is C44H67N5O21S. The molecule has 0 spiro atoms. The minimum absolute atomic E-state index is 0.144. The molecule has 3 aliphatic rings. The lowest BCUT2D eigenvalue weighted by Crippen LogP contribution is -2.60. The number of hydrogen-bond donors (Lipinski definition) is 8. The molecule has 71 heavy (non-hydrogen) atoms. The summed E-state index contributed by atoms with van der Waals surface area (Å²) in [6.45, 7) is 2.57. The molecule has 26 nitrogen and oxygen atoms in total. The van der Waals surface area contributed by atoms with Crippen molar-refractivity contribution in [2.75, 3.05) is 27.2 Å². The van der Waals surface area contributed by atoms with Gasteiger partial charge in [0.05, 0.1) is 6.42 Å². The number of aliphatic hydroxyl groups excluding tert-OH is 3. The maximum absolute atomic E-state index is 14.7. The second kappa shape index (κ2) is 27.2. The zero-order valence-electron chi connectivity index (χ0n) is 39.9. The van der Waals surface area contributed by atoms with E-state index in [1.165, 1.54) is 14.0 Å². The number of ether oxygens (including phenoxy) is 5. The number of aliphatic hydroxyl groups is 3. The van der Waals surface area contributed by atoms with E-state index < -0.39 is 156 Å². The Morgan fingerprint density at radius 1 is 0.930 bits per heavy atom. The van der Waals surface area contributed by atoms with Crippen molar-refractivity contribution in [3.63, 3.8) is 0 Å². The van der Waals surface area contributed by atoms with E-state index in [9.17, 15) is 72.1 Å². The zero-order chi connectivity index (χ0) is 52.7. The number of aromatic nitrogens is 2. The van der Waals surface area contributed by atoms with Gasteiger partial charge in [-0.3, -0.25) is 43.0 Å². The number of likely N-dealkylation sites (N-methyl/N-ethyl adjacent to an activating group) is 2. The monoisotopic (exact) mass is 1030 g/mol. The number of amides is 1. The molecule has 9 N–H and O–H groups in total. The lowest BCUT2D eigenvalue weighted by molar-refractivity contribution is -0.230. The van der Waals surface area contributed by atoms with Crippen molar-refractivity contribution in [1.82, 2.24) is 19.4 Å². The Morgan fingerprint density at radius 2 is 1.61 bits per heavy atom. The average Bonchev–Trinajstić information content (AvgIpc) is 3.69. The average molecular weight is 1030 g/mol. The van der Waals surface area contributed by atoms with Crippen LogP contribution in [0.1, 0.15) is 90.7 Å². The van der Waals surface area contributed by atoms with E-state index in [0.29, 0.717) is 28.7 Å². The number of carbonyl (C=O) groups excluding carboxylic acids is 3. The van der Waals surface area contributed by atoms with Crippen LogP contribution in [0.2, 0.25) is 0 Å². The lowest BCUT2D eigenvalue weighted by Gasteiger charge is -2.38. The van der Waals surface area contributed by atoms with Gasteiger partial charge in [0, 0.05) is 45.2 Å². The van der Waals surface area contributed by atoms with Crippen LogP contribution in [0.5, 0.6) is 0 Å². The number of nitrogens with two attached hydrogens (primary N) is 1. The van der Waals surface area contributed by atoms with Crippen molar-refractivity contribution in [3.8, 4) is 0 Å². The molecule has 14 atom stereocenters. The van der Waals surface area contributed by atoms with E-state index >= 15 is 0 Å². The lowest BCUT2D eigenvalue weighted by atomic mass is 9.97. The summed E-state index contributed by atoms with van der Waals surface area (Å²) in [5.41, 5.74) is 3.78. The van der Waals surface area contributed by atoms with Crippen LogP contribution in [0, 0.1) is 5.92 Å². The Bertz CT molecular complexity index is 2260. The van der Waals surface area contributed by atoms with Crippen LogP contribution in [0.25, 0.3) is 0 Å². The van der Waals surface area contributed by atoms with Gasteiger partial charge in [-0.05, 0) is 51.5 Å². The van der Waals surface area contributed by atoms with Crippen LogP contribution in [0.3, 0.4) is 0 Å². The largest absolute Gasteiger partial charge is 0.481 e. The van der Waals surface area contributed by atoms with Crippen LogP contribution in [0.4, 0.5) is 0 Å². The van der Waals surface area contributed by atoms with E-state index in [0.717, 1.165) is 49.9 Å². The smallest absolute Gasteiger partial charge is 0.397 e. The third kappa shape index (κ3) is 16.8. The summed E-state index contributed by atoms with van der Waals surface area (Å²) < 4.78 is 67.9. The number of unbranched alkanes of at least 4 members (excludes halogenated alkanes) is 4. The standard InChI is InChI=1S/C44H67N5O21S/c1-5-6-7-8-9-10-11-12-13-14-15-16-25(65-30(53)20-24(2)19-29(51)52)21-31(54)66-27-23-47(3)33(40(58)48(4)32(27)42(59)60)37(69-43-39(70-71(62,63)64)34(55)26(22-45)67-43)38-35(56)36(57)41(68-38)49-18-17-28(50)46-44(49)61/h9-10,12-13,17-18,24-27,32-39,41,43,55-57H,5-8,11,14-16,19-23,45H2,1-4H3,(H,51,52)(H,59,60)(H,46,50,61)(H,62,63,64)/b10-9-,13-12-/t24-,25+,26-,27-,32+,33-,34+,35+,36-,37-,38-,39-,41+,43+/m1/s1. The maximum atomic E-state index is 14.7. The first-order chi connectivity index (χ1) is 33.5. The maximum Gasteiger partial charge on any atom is 0.397 e. The highest BCUT2D eigenvalue weighted by molar-refractivity contribution is 7.80. The van der Waals surface area contributed by atoms with Crippen LogP contribution in [-0.2, 0) is 62.2 Å². The number of aromatic amines is 1. The molecule has 27 heteroatoms. The SMILES string of the molecule is CCCCC/C=C\C/C=C\CCC[C@@H](CC(=O)O[C@@H]1CN(C)[C@H]([C@@H](O[C@@H]2O[C@H](CN)[C@H](O)[C@H]2OS(=O)(=O)O)[C@@H]2O[C@H](n3ccc(=O)[nH]c3=O)[C@H](O)[C@@H]2O)C(=O)N(C)[C@@H]1C(=O)O)OC(=O)C[C@H](C)CC(=O)O. The minimum Gasteiger partial charge on any atom is -0.481 e. The first-order valence-corrected chi connectivity index (χ1v) is 24.6. The molecule has 3 saturated heterocycles. The van der Waals surface area contributed by atoms with Crippen molar-refractivity contribution in [2.24, 2.45) is 11.7 Å². The van der Waals surface area contributed by atoms with E-state index in [1.54, 1.807) is 0 Å². The van der Waals surface area contributed by atoms with Crippen molar-refractivity contribution < 1.29 is 90.3 Å². The number of carboxylic acid groups (broad SMARTS) is 2. The highest BCUT2D eigenvalue weighted by Gasteiger charge is 2.58. The van der Waals surface area contributed by atoms with Crippen molar-refractivity contribution in [1.29, 1.82) is 0 Å². The Kier molecular flexibility index (Phi) is 22.5. The van der Waals surface area contributed by atoms with E-state index in [-0.39, 0.29) is 19.3 Å². The second-order valence-corrected chi connectivity index (χ2v) is 18.9. The van der Waals surface area contributed by atoms with Gasteiger partial charge in [0.2, 0.25) is 5.91 Å². The molecule has 0 unspecified atom stereocenters. The van der Waals surface area contributed by atoms with Crippen molar-refractivity contribution in [3.05, 3.63) is 57.4 Å². The molecule has 0 aromatic carbocycles. The van der Waals surface area contributed by atoms with Gasteiger partial charge in [-0.1, -0.05) is 51.0 Å². The topological polar surface area (TPSA) is 384 Å². The molecule has 4 rings (SSSR count). The quantitative estimate of drug-likeness (QED) is 0.0226. The highest BCUT2D eigenvalue weighted by Crippen LogP contribution is 2.37. The van der Waals surface area contributed by atoms with Gasteiger partial charge in [0.1, 0.15) is 54.9 Å². The minimum atomic E-state index is -5.37. The van der Waals surface area contributed by atoms with Gasteiger partial charge in [-0.15, -0.1) is 0 Å². The molecule has 0 aliphatic carbocycles. The van der Waals surface area contributed by atoms with Gasteiger partial charge in [0.15, 0.2) is 24.7 Å². The number of allylic oxidation sites excluding steroid dienone is 4. The highest BCUT2D eigenvalue weighted by atomic mass is 32.3. The summed E-state index contributed by atoms with van der Waals surface area (Å²) >= 11 is 0. The molecule has 0 radical (unpaired) electrons. The second-order valence-electron chi connectivity index (χ2n) is 17.8. The van der Waals surface area contributed by atoms with Crippen LogP contribution >= 0.6 is 0 Å². The first kappa shape index (κ1) is 58.6. The number of aliphatic carboxylic acids is 2. The number of nitrogens with zero attached hydrogens (tertiary/aromatic N) is 3. The molecule has 4 heterocycles. The zero-order valence-corrected chi connectivity index (χ0v) is 40.7. The fourth-order valence-corrected chi connectivity index (χ4v) is 9.11. The summed E-state index contributed by atoms with van der Waals surface area (Å²) in [6, 6.07) is -2.91. The molecule has 0 bridgehead atoms. The van der Waals surface area contributed by atoms with Gasteiger partial charge in [-0.2, -0.15) is 8.42 Å². The molecule has 1 aromatic rings. The summed E-state index contributed by atoms with van der Waals surface area (Å²) in [7, 11) is -3.08. The first-order valence-electron chi connectivity index (χ1n) is 23.3. The third-order valence-corrected chi connectivity index (χ3v) is 12.6. The van der Waals surface area contributed by atoms with E-state index in [2.05, 4.69) is 23.3 Å². The van der Waals surface area contributed by atoms with Crippen LogP contribution in [0.15, 0.2) is 46.2 Å². The van der Waals surface area contributed by atoms with Gasteiger partial charge in [0.25, 0.3) is 5.56 Å². The molecule has 1 aromatic heterocycles. The summed E-state index contributed by atoms with van der Waals surface area (Å²) in [5.74, 6) is -6.37. The Morgan fingerprint density at radius 3 is 2.21 bits per heavy atom. The fraction of sp³-hybridized carbons (Fsp3) is 0.705. The predicted octanol–water partition coefficient (Wildman–Crippen LogP) is -1.03. The number of esters is 2. The Balaban J connectivity index is 1.64. The number of nitrogens with one attached hydrogen (secondary N) is 1. The number of rotatable bonds is 27. The van der Waals surface area contributed by atoms with Gasteiger partial charge in [-0.25, -0.2) is 13.8 Å². The normalized spacial score (nSPS) is 28.8. The van der Waals surface area contributed by atoms with Crippen molar-refractivity contribution in [2.45, 2.75) is 164 Å². The third-order valence-electron chi connectivity index (χ3n) is 12.1. The fourth-order valence-electron chi connectivity index (χ4n) is 8.63. The molecule has 3 aliphatic heterocycles. The summed E-state index contributed by atoms with van der Waals surface area (Å²) in [6.07, 6.45) is -6.26. The molecule has 3 fully saturated rings. The molecule has 0 saturated carbocycles. The van der Waals surface area contributed by atoms with Gasteiger partial charge < -0.3 is 59.9 Å². The number of H-pyrrole nitrogens is 1. The van der Waals surface area contributed by atoms with Crippen LogP contribution in [-0.4, -0.2) is 188 Å². The summed E-state index contributed by atoms with van der Waals surface area (Å²) in [5, 5.41) is 53.4. The predicted molar refractivity (Wildman–Crippen MR) is 244 cm³/mol. The number of carbonyl (C=O) groups is 5.